The Balaban J connectivity index is 0.000000640. The first-order valence-corrected chi connectivity index (χ1v) is 2.81. The lowest BCUT2D eigenvalue weighted by Gasteiger charge is -2.01. The molecule has 0 amide bonds. The topological polar surface area (TPSA) is 32.3 Å². The fraction of sp³-hybridized carbons (Fsp3) is 1.00. The van der Waals surface area contributed by atoms with Gasteiger partial charge in [-0.3, -0.25) is 0 Å². The van der Waals surface area contributed by atoms with Crippen molar-refractivity contribution < 1.29 is 9.50 Å². The van der Waals surface area contributed by atoms with E-state index in [1.807, 2.05) is 0 Å². The van der Waals surface area contributed by atoms with E-state index in [4.69, 9.17) is 5.11 Å². The number of aliphatic hydroxyl groups is 1. The zero-order chi connectivity index (χ0) is 5.98. The molecule has 1 heterocycles. The molecular weight excluding hydrogens is 145 g/mol. The molecule has 0 radical (unpaired) electrons. The van der Waals surface area contributed by atoms with Crippen LogP contribution in [0.25, 0.3) is 0 Å². The molecule has 2 atom stereocenters. The first-order chi connectivity index (χ1) is 3.83. The lowest BCUT2D eigenvalue weighted by Crippen LogP contribution is -2.24. The lowest BCUT2D eigenvalue weighted by atomic mass is 10.2. The fourth-order valence-electron chi connectivity index (χ4n) is 0.909. The van der Waals surface area contributed by atoms with Crippen LogP contribution in [0, 0.1) is 0 Å². The maximum atomic E-state index is 12.2. The van der Waals surface area contributed by atoms with Gasteiger partial charge in [0.05, 0.1) is 6.61 Å². The van der Waals surface area contributed by atoms with Crippen molar-refractivity contribution in [1.82, 2.24) is 5.32 Å². The molecule has 1 aliphatic heterocycles. The molecule has 1 rings (SSSR count). The van der Waals surface area contributed by atoms with Gasteiger partial charge >= 0.3 is 0 Å². The number of nitrogens with one attached hydrogen (secondary N) is 1. The van der Waals surface area contributed by atoms with Crippen LogP contribution in [0.3, 0.4) is 0 Å². The average Bonchev–Trinajstić information content (AvgIpc) is 2.14. The normalized spacial score (nSPS) is 34.0. The second-order valence-electron chi connectivity index (χ2n) is 2.12. The van der Waals surface area contributed by atoms with Gasteiger partial charge in [0.15, 0.2) is 0 Å². The Morgan fingerprint density at radius 3 is 2.56 bits per heavy atom. The number of halogens is 2. The van der Waals surface area contributed by atoms with Crippen LogP contribution in [0.5, 0.6) is 0 Å². The van der Waals surface area contributed by atoms with Crippen LogP contribution in [-0.4, -0.2) is 30.5 Å². The van der Waals surface area contributed by atoms with Crippen molar-refractivity contribution in [2.24, 2.45) is 0 Å². The van der Waals surface area contributed by atoms with E-state index in [0.717, 1.165) is 0 Å². The molecule has 1 fully saturated rings. The predicted molar refractivity (Wildman–Crippen MR) is 35.6 cm³/mol. The Bertz CT molecular complexity index is 83.4. The third kappa shape index (κ3) is 2.47. The number of rotatable bonds is 1. The van der Waals surface area contributed by atoms with E-state index in [0.29, 0.717) is 13.0 Å². The highest BCUT2D eigenvalue weighted by atomic mass is 35.5. The van der Waals surface area contributed by atoms with Crippen molar-refractivity contribution in [3.63, 3.8) is 0 Å². The van der Waals surface area contributed by atoms with E-state index in [-0.39, 0.29) is 25.1 Å². The first kappa shape index (κ1) is 9.14. The molecule has 0 bridgehead atoms. The summed E-state index contributed by atoms with van der Waals surface area (Å²) in [6.07, 6.45) is -0.275. The molecular formula is C5H11ClFNO. The van der Waals surface area contributed by atoms with Crippen molar-refractivity contribution >= 4 is 12.4 Å². The van der Waals surface area contributed by atoms with Crippen LogP contribution in [0.1, 0.15) is 6.42 Å². The Kier molecular flexibility index (Phi) is 4.10. The highest BCUT2D eigenvalue weighted by Gasteiger charge is 2.21. The van der Waals surface area contributed by atoms with Crippen molar-refractivity contribution in [2.45, 2.75) is 18.6 Å². The van der Waals surface area contributed by atoms with Gasteiger partial charge in [-0.15, -0.1) is 12.4 Å². The third-order valence-electron chi connectivity index (χ3n) is 1.39. The summed E-state index contributed by atoms with van der Waals surface area (Å²) in [5, 5.41) is 11.3. The van der Waals surface area contributed by atoms with Crippen molar-refractivity contribution in [1.29, 1.82) is 0 Å². The molecule has 1 aliphatic rings. The first-order valence-electron chi connectivity index (χ1n) is 2.81. The summed E-state index contributed by atoms with van der Waals surface area (Å²) < 4.78 is 12.2. The minimum Gasteiger partial charge on any atom is -0.395 e. The Hall–Kier alpha value is 0.140. The number of alkyl halides is 1. The Morgan fingerprint density at radius 1 is 1.67 bits per heavy atom. The molecule has 0 saturated carbocycles. The zero-order valence-electron chi connectivity index (χ0n) is 5.01. The number of hydrogen-bond donors (Lipinski definition) is 2. The van der Waals surface area contributed by atoms with Gasteiger partial charge in [-0.2, -0.15) is 0 Å². The molecule has 2 N–H and O–H groups in total. The highest BCUT2D eigenvalue weighted by molar-refractivity contribution is 5.85. The maximum absolute atomic E-state index is 12.2. The monoisotopic (exact) mass is 155 g/mol. The summed E-state index contributed by atoms with van der Waals surface area (Å²) in [5.41, 5.74) is 0. The van der Waals surface area contributed by atoms with Gasteiger partial charge in [0.25, 0.3) is 0 Å². The Labute approximate surface area is 59.9 Å². The van der Waals surface area contributed by atoms with Crippen LogP contribution in [-0.2, 0) is 0 Å². The van der Waals surface area contributed by atoms with Crippen LogP contribution in [0.2, 0.25) is 0 Å². The molecule has 0 unspecified atom stereocenters. The summed E-state index contributed by atoms with van der Waals surface area (Å²) in [5.74, 6) is 0. The van der Waals surface area contributed by atoms with Gasteiger partial charge in [0.2, 0.25) is 0 Å². The van der Waals surface area contributed by atoms with E-state index in [9.17, 15) is 4.39 Å². The SMILES string of the molecule is Cl.OC[C@H]1C[C@@H](F)CN1. The van der Waals surface area contributed by atoms with Gasteiger partial charge in [-0.1, -0.05) is 0 Å². The van der Waals surface area contributed by atoms with Gasteiger partial charge < -0.3 is 10.4 Å². The summed E-state index contributed by atoms with van der Waals surface area (Å²) in [6.45, 7) is 0.464. The van der Waals surface area contributed by atoms with Gasteiger partial charge in [0, 0.05) is 12.6 Å². The molecule has 0 aromatic rings. The van der Waals surface area contributed by atoms with Crippen LogP contribution < -0.4 is 5.32 Å². The molecule has 4 heteroatoms. The molecule has 9 heavy (non-hydrogen) atoms. The summed E-state index contributed by atoms with van der Waals surface area (Å²) in [4.78, 5) is 0. The quantitative estimate of drug-likeness (QED) is 0.563. The van der Waals surface area contributed by atoms with Gasteiger partial charge in [-0.05, 0) is 6.42 Å². The lowest BCUT2D eigenvalue weighted by molar-refractivity contribution is 0.248. The van der Waals surface area contributed by atoms with E-state index < -0.39 is 6.17 Å². The highest BCUT2D eigenvalue weighted by Crippen LogP contribution is 2.08. The number of aliphatic hydroxyl groups excluding tert-OH is 1. The molecule has 0 spiro atoms. The smallest absolute Gasteiger partial charge is 0.114 e. The fourth-order valence-corrected chi connectivity index (χ4v) is 0.909. The average molecular weight is 156 g/mol. The van der Waals surface area contributed by atoms with E-state index >= 15 is 0 Å². The molecule has 0 aromatic carbocycles. The molecule has 0 aromatic heterocycles. The molecule has 2 nitrogen and oxygen atoms in total. The second kappa shape index (κ2) is 4.04. The van der Waals surface area contributed by atoms with Crippen LogP contribution in [0.15, 0.2) is 0 Å². The largest absolute Gasteiger partial charge is 0.395 e. The van der Waals surface area contributed by atoms with Crippen LogP contribution in [0.4, 0.5) is 4.39 Å². The minimum absolute atomic E-state index is 0. The van der Waals surface area contributed by atoms with Crippen molar-refractivity contribution in [2.75, 3.05) is 13.2 Å². The number of hydrogen-bond acceptors (Lipinski definition) is 2. The summed E-state index contributed by atoms with van der Waals surface area (Å²) >= 11 is 0. The predicted octanol–water partition coefficient (Wildman–Crippen LogP) is 0.100. The zero-order valence-corrected chi connectivity index (χ0v) is 5.83. The molecule has 0 aliphatic carbocycles. The summed E-state index contributed by atoms with van der Waals surface area (Å²) in [6, 6.07) is 0.00463. The third-order valence-corrected chi connectivity index (χ3v) is 1.39. The van der Waals surface area contributed by atoms with Gasteiger partial charge in [0.1, 0.15) is 6.17 Å². The van der Waals surface area contributed by atoms with E-state index in [1.165, 1.54) is 0 Å². The standard InChI is InChI=1S/C5H10FNO.ClH/c6-4-1-5(3-8)7-2-4;/h4-5,7-8H,1-3H2;1H/t4-,5-;/m1./s1. The second-order valence-corrected chi connectivity index (χ2v) is 2.12. The minimum atomic E-state index is -0.743. The molecule has 56 valence electrons. The molecule has 1 saturated heterocycles. The van der Waals surface area contributed by atoms with Crippen molar-refractivity contribution in [3.05, 3.63) is 0 Å². The van der Waals surface area contributed by atoms with E-state index in [2.05, 4.69) is 5.32 Å². The van der Waals surface area contributed by atoms with Gasteiger partial charge in [-0.25, -0.2) is 4.39 Å². The van der Waals surface area contributed by atoms with Crippen molar-refractivity contribution in [3.8, 4) is 0 Å². The Morgan fingerprint density at radius 2 is 2.33 bits per heavy atom. The van der Waals surface area contributed by atoms with E-state index in [1.54, 1.807) is 0 Å². The maximum Gasteiger partial charge on any atom is 0.114 e. The summed E-state index contributed by atoms with van der Waals surface area (Å²) in [7, 11) is 0. The van der Waals surface area contributed by atoms with Crippen LogP contribution >= 0.6 is 12.4 Å².